The lowest BCUT2D eigenvalue weighted by atomic mass is 9.96. The van der Waals surface area contributed by atoms with Gasteiger partial charge in [-0.3, -0.25) is 4.79 Å². The molecule has 1 heterocycles. The van der Waals surface area contributed by atoms with Crippen LogP contribution in [0.25, 0.3) is 0 Å². The van der Waals surface area contributed by atoms with Crippen LogP contribution in [0.1, 0.15) is 5.56 Å². The fraction of sp³-hybridized carbons (Fsp3) is 0.235. The van der Waals surface area contributed by atoms with E-state index in [1.54, 1.807) is 0 Å². The van der Waals surface area contributed by atoms with Crippen molar-refractivity contribution in [2.24, 2.45) is 5.73 Å². The monoisotopic (exact) mass is 388 g/mol. The first-order valence-corrected chi connectivity index (χ1v) is 7.95. The molecule has 1 aliphatic rings. The second kappa shape index (κ2) is 7.13. The number of anilines is 1. The van der Waals surface area contributed by atoms with Crippen LogP contribution in [0.2, 0.25) is 5.02 Å². The summed E-state index contributed by atoms with van der Waals surface area (Å²) in [6.07, 6.45) is -2.84. The molecule has 138 valence electrons. The van der Waals surface area contributed by atoms with Crippen molar-refractivity contribution < 1.29 is 27.1 Å². The first-order chi connectivity index (χ1) is 12.3. The van der Waals surface area contributed by atoms with Crippen LogP contribution in [0.15, 0.2) is 30.3 Å². The number of hydrogen-bond acceptors (Lipinski definition) is 3. The van der Waals surface area contributed by atoms with Crippen molar-refractivity contribution in [2.75, 3.05) is 11.4 Å². The number of rotatable bonds is 4. The molecule has 0 aliphatic carbocycles. The molecular weight excluding hydrogens is 376 g/mol. The van der Waals surface area contributed by atoms with E-state index < -0.39 is 42.3 Å². The topological polar surface area (TPSA) is 55.6 Å². The Bertz CT molecular complexity index is 863. The zero-order valence-electron chi connectivity index (χ0n) is 13.2. The molecule has 0 aromatic heterocycles. The quantitative estimate of drug-likeness (QED) is 0.808. The average Bonchev–Trinajstić information content (AvgIpc) is 2.57. The molecule has 1 amide bonds. The number of carbonyl (C=O) groups excluding carboxylic acids is 1. The van der Waals surface area contributed by atoms with E-state index in [1.165, 1.54) is 12.1 Å². The third-order valence-corrected chi connectivity index (χ3v) is 4.20. The molecular formula is C17H13ClF4N2O2. The Morgan fingerprint density at radius 2 is 2.00 bits per heavy atom. The van der Waals surface area contributed by atoms with Crippen LogP contribution in [0.4, 0.5) is 23.2 Å². The number of nitrogens with zero attached hydrogens (tertiary/aromatic N) is 1. The summed E-state index contributed by atoms with van der Waals surface area (Å²) in [4.78, 5) is 13.0. The van der Waals surface area contributed by atoms with Gasteiger partial charge in [-0.2, -0.15) is 0 Å². The molecule has 26 heavy (non-hydrogen) atoms. The molecule has 9 heteroatoms. The molecule has 2 aromatic rings. The summed E-state index contributed by atoms with van der Waals surface area (Å²) in [6.45, 7) is -0.976. The Balaban J connectivity index is 2.13. The van der Waals surface area contributed by atoms with E-state index >= 15 is 0 Å². The highest BCUT2D eigenvalue weighted by Crippen LogP contribution is 2.42. The minimum atomic E-state index is -2.87. The molecule has 2 aromatic carbocycles. The van der Waals surface area contributed by atoms with Gasteiger partial charge in [0.25, 0.3) is 6.43 Å². The Morgan fingerprint density at radius 1 is 1.27 bits per heavy atom. The highest BCUT2D eigenvalue weighted by atomic mass is 35.5. The molecule has 0 saturated carbocycles. The molecule has 4 nitrogen and oxygen atoms in total. The lowest BCUT2D eigenvalue weighted by Crippen LogP contribution is -2.50. The van der Waals surface area contributed by atoms with Crippen molar-refractivity contribution in [3.8, 4) is 11.5 Å². The van der Waals surface area contributed by atoms with E-state index in [4.69, 9.17) is 22.1 Å². The lowest BCUT2D eigenvalue weighted by Gasteiger charge is -2.33. The summed E-state index contributed by atoms with van der Waals surface area (Å²) in [5.74, 6) is -3.07. The van der Waals surface area contributed by atoms with Gasteiger partial charge in [0.15, 0.2) is 11.6 Å². The Morgan fingerprint density at radius 3 is 2.69 bits per heavy atom. The van der Waals surface area contributed by atoms with Gasteiger partial charge in [0, 0.05) is 6.07 Å². The number of ether oxygens (including phenoxy) is 1. The molecule has 1 aliphatic heterocycles. The summed E-state index contributed by atoms with van der Waals surface area (Å²) < 4.78 is 59.1. The number of carbonyl (C=O) groups is 1. The number of nitrogens with two attached hydrogens (primary N) is 1. The molecule has 2 N–H and O–H groups in total. The van der Waals surface area contributed by atoms with Gasteiger partial charge in [0.05, 0.1) is 23.3 Å². The van der Waals surface area contributed by atoms with Crippen molar-refractivity contribution >= 4 is 23.2 Å². The number of fused-ring (bicyclic) bond motifs is 1. The number of amides is 1. The predicted octanol–water partition coefficient (Wildman–Crippen LogP) is 3.89. The summed E-state index contributed by atoms with van der Waals surface area (Å²) in [5, 5.41) is -0.0114. The molecule has 0 saturated heterocycles. The van der Waals surface area contributed by atoms with Gasteiger partial charge in [0.2, 0.25) is 5.91 Å². The van der Waals surface area contributed by atoms with Crippen LogP contribution >= 0.6 is 11.6 Å². The third-order valence-electron chi connectivity index (χ3n) is 3.89. The maximum absolute atomic E-state index is 14.4. The largest absolute Gasteiger partial charge is 0.450 e. The summed E-state index contributed by atoms with van der Waals surface area (Å²) in [7, 11) is 0. The maximum atomic E-state index is 14.4. The average molecular weight is 389 g/mol. The van der Waals surface area contributed by atoms with Crippen molar-refractivity contribution in [3.63, 3.8) is 0 Å². The molecule has 0 fully saturated rings. The fourth-order valence-corrected chi connectivity index (χ4v) is 2.92. The predicted molar refractivity (Wildman–Crippen MR) is 87.9 cm³/mol. The van der Waals surface area contributed by atoms with E-state index in [9.17, 15) is 22.4 Å². The van der Waals surface area contributed by atoms with E-state index in [0.717, 1.165) is 18.2 Å². The number of halogens is 5. The van der Waals surface area contributed by atoms with Crippen LogP contribution < -0.4 is 15.4 Å². The smallest absolute Gasteiger partial charge is 0.256 e. The van der Waals surface area contributed by atoms with Crippen LogP contribution in [0, 0.1) is 11.6 Å². The van der Waals surface area contributed by atoms with Gasteiger partial charge < -0.3 is 15.4 Å². The standard InChI is InChI=1S/C17H13ClF4N2O2/c18-10-3-2-9(19)6-13(10)26-16-11(20)4-1-8-5-12(23)17(25)24(15(8)16)7-14(21)22/h1-4,6,12,14H,5,7,23H2/t12-/m1/s1. The summed E-state index contributed by atoms with van der Waals surface area (Å²) in [5.41, 5.74) is 5.91. The molecule has 0 radical (unpaired) electrons. The van der Waals surface area contributed by atoms with E-state index in [-0.39, 0.29) is 22.9 Å². The molecule has 1 atom stereocenters. The van der Waals surface area contributed by atoms with Gasteiger partial charge in [-0.15, -0.1) is 0 Å². The fourth-order valence-electron chi connectivity index (χ4n) is 2.76. The Labute approximate surface area is 151 Å². The first-order valence-electron chi connectivity index (χ1n) is 7.57. The highest BCUT2D eigenvalue weighted by molar-refractivity contribution is 6.32. The Hall–Kier alpha value is -2.32. The molecule has 0 spiro atoms. The van der Waals surface area contributed by atoms with Crippen LogP contribution in [-0.2, 0) is 11.2 Å². The highest BCUT2D eigenvalue weighted by Gasteiger charge is 2.36. The number of alkyl halides is 2. The van der Waals surface area contributed by atoms with Gasteiger partial charge in [-0.05, 0) is 30.2 Å². The van der Waals surface area contributed by atoms with Crippen LogP contribution in [-0.4, -0.2) is 24.9 Å². The SMILES string of the molecule is N[C@@H]1Cc2ccc(F)c(Oc3cc(F)ccc3Cl)c2N(CC(F)F)C1=O. The second-order valence-corrected chi connectivity index (χ2v) is 6.12. The summed E-state index contributed by atoms with van der Waals surface area (Å²) in [6, 6.07) is 4.58. The molecule has 0 unspecified atom stereocenters. The van der Waals surface area contributed by atoms with Gasteiger partial charge in [-0.1, -0.05) is 17.7 Å². The lowest BCUT2D eigenvalue weighted by molar-refractivity contribution is -0.120. The first kappa shape index (κ1) is 18.5. The van der Waals surface area contributed by atoms with Gasteiger partial charge in [-0.25, -0.2) is 17.6 Å². The third kappa shape index (κ3) is 3.47. The Kier molecular flexibility index (Phi) is 5.06. The minimum absolute atomic E-state index is 0.0114. The summed E-state index contributed by atoms with van der Waals surface area (Å²) >= 11 is 5.92. The second-order valence-electron chi connectivity index (χ2n) is 5.71. The van der Waals surface area contributed by atoms with Crippen LogP contribution in [0.3, 0.4) is 0 Å². The molecule has 3 rings (SSSR count). The number of benzene rings is 2. The van der Waals surface area contributed by atoms with Crippen LogP contribution in [0.5, 0.6) is 11.5 Å². The van der Waals surface area contributed by atoms with E-state index in [0.29, 0.717) is 10.5 Å². The minimum Gasteiger partial charge on any atom is -0.450 e. The van der Waals surface area contributed by atoms with Gasteiger partial charge >= 0.3 is 0 Å². The zero-order chi connectivity index (χ0) is 19.0. The van der Waals surface area contributed by atoms with Crippen molar-refractivity contribution in [1.82, 2.24) is 0 Å². The van der Waals surface area contributed by atoms with E-state index in [1.807, 2.05) is 0 Å². The maximum Gasteiger partial charge on any atom is 0.256 e. The normalized spacial score (nSPS) is 16.8. The van der Waals surface area contributed by atoms with Gasteiger partial charge in [0.1, 0.15) is 11.6 Å². The van der Waals surface area contributed by atoms with E-state index in [2.05, 4.69) is 0 Å². The number of hydrogen-bond donors (Lipinski definition) is 1. The zero-order valence-corrected chi connectivity index (χ0v) is 13.9. The van der Waals surface area contributed by atoms with Crippen molar-refractivity contribution in [1.29, 1.82) is 0 Å². The van der Waals surface area contributed by atoms with Crippen molar-refractivity contribution in [3.05, 3.63) is 52.6 Å². The van der Waals surface area contributed by atoms with Crippen molar-refractivity contribution in [2.45, 2.75) is 18.9 Å². The molecule has 0 bridgehead atoms.